The molecule has 120 valence electrons. The van der Waals surface area contributed by atoms with Gasteiger partial charge in [0.2, 0.25) is 0 Å². The van der Waals surface area contributed by atoms with Crippen LogP contribution in [0.5, 0.6) is 5.75 Å². The van der Waals surface area contributed by atoms with Crippen molar-refractivity contribution in [1.29, 1.82) is 0 Å². The maximum atomic E-state index is 8.94. The summed E-state index contributed by atoms with van der Waals surface area (Å²) in [6.07, 6.45) is 0. The molecule has 0 aliphatic heterocycles. The Kier molecular flexibility index (Phi) is 5.83. The molecule has 1 rings (SSSR count). The van der Waals surface area contributed by atoms with Crippen LogP contribution in [0.1, 0.15) is 58.2 Å². The smallest absolute Gasteiger partial charge is 0.127 e. The molecular weight excluding hydrogens is 262 g/mol. The first kappa shape index (κ1) is 18.0. The Bertz CT molecular complexity index is 467. The van der Waals surface area contributed by atoms with E-state index in [2.05, 4.69) is 59.0 Å². The first-order chi connectivity index (χ1) is 9.61. The summed E-state index contributed by atoms with van der Waals surface area (Å²) < 4.78 is 5.70. The van der Waals surface area contributed by atoms with E-state index in [0.717, 1.165) is 11.3 Å². The van der Waals surface area contributed by atoms with Gasteiger partial charge < -0.3 is 15.2 Å². The number of hydrogen-bond donors (Lipinski definition) is 2. The number of benzene rings is 1. The van der Waals surface area contributed by atoms with Crippen molar-refractivity contribution in [2.24, 2.45) is 0 Å². The van der Waals surface area contributed by atoms with Crippen LogP contribution >= 0.6 is 0 Å². The monoisotopic (exact) mass is 293 g/mol. The lowest BCUT2D eigenvalue weighted by Gasteiger charge is -2.29. The molecule has 0 radical (unpaired) electrons. The molecule has 0 heterocycles. The van der Waals surface area contributed by atoms with Crippen LogP contribution in [-0.2, 0) is 17.4 Å². The second kappa shape index (κ2) is 6.80. The number of ether oxygens (including phenoxy) is 1. The molecule has 0 amide bonds. The van der Waals surface area contributed by atoms with E-state index in [0.29, 0.717) is 13.1 Å². The highest BCUT2D eigenvalue weighted by atomic mass is 16.5. The molecule has 3 nitrogen and oxygen atoms in total. The van der Waals surface area contributed by atoms with E-state index in [4.69, 9.17) is 9.84 Å². The zero-order valence-electron chi connectivity index (χ0n) is 14.6. The molecular formula is C18H31NO2. The third kappa shape index (κ3) is 4.72. The quantitative estimate of drug-likeness (QED) is 0.818. The van der Waals surface area contributed by atoms with Gasteiger partial charge in [-0.3, -0.25) is 0 Å². The van der Waals surface area contributed by atoms with E-state index in [1.54, 1.807) is 7.11 Å². The average molecular weight is 293 g/mol. The number of aliphatic hydroxyl groups is 1. The van der Waals surface area contributed by atoms with Crippen molar-refractivity contribution < 1.29 is 9.84 Å². The van der Waals surface area contributed by atoms with Crippen LogP contribution in [0, 0.1) is 0 Å². The number of rotatable bonds is 5. The van der Waals surface area contributed by atoms with Gasteiger partial charge in [0.05, 0.1) is 13.7 Å². The van der Waals surface area contributed by atoms with E-state index in [1.165, 1.54) is 11.1 Å². The van der Waals surface area contributed by atoms with Gasteiger partial charge in [0.25, 0.3) is 0 Å². The SMILES string of the molecule is COc1c(CNCCO)cc(C(C)(C)C)cc1C(C)(C)C. The van der Waals surface area contributed by atoms with Crippen LogP contribution in [0.4, 0.5) is 0 Å². The van der Waals surface area contributed by atoms with Gasteiger partial charge in [-0.05, 0) is 16.4 Å². The maximum absolute atomic E-state index is 8.94. The summed E-state index contributed by atoms with van der Waals surface area (Å²) in [4.78, 5) is 0. The second-order valence-corrected chi connectivity index (χ2v) is 7.62. The first-order valence-corrected chi connectivity index (χ1v) is 7.64. The summed E-state index contributed by atoms with van der Waals surface area (Å²) in [6.45, 7) is 14.8. The number of nitrogens with one attached hydrogen (secondary N) is 1. The summed E-state index contributed by atoms with van der Waals surface area (Å²) in [5, 5.41) is 12.2. The van der Waals surface area contributed by atoms with Crippen LogP contribution in [0.2, 0.25) is 0 Å². The van der Waals surface area contributed by atoms with Crippen LogP contribution in [0.15, 0.2) is 12.1 Å². The van der Waals surface area contributed by atoms with Crippen molar-refractivity contribution in [3.8, 4) is 5.75 Å². The number of aliphatic hydroxyl groups excluding tert-OH is 1. The van der Waals surface area contributed by atoms with Crippen LogP contribution in [0.25, 0.3) is 0 Å². The minimum atomic E-state index is 0.0261. The Hall–Kier alpha value is -1.06. The molecule has 0 aliphatic carbocycles. The van der Waals surface area contributed by atoms with Gasteiger partial charge in [0.15, 0.2) is 0 Å². The molecule has 0 bridgehead atoms. The molecule has 0 spiro atoms. The van der Waals surface area contributed by atoms with Crippen molar-refractivity contribution in [1.82, 2.24) is 5.32 Å². The molecule has 21 heavy (non-hydrogen) atoms. The third-order valence-electron chi connectivity index (χ3n) is 3.65. The fraction of sp³-hybridized carbons (Fsp3) is 0.667. The van der Waals surface area contributed by atoms with Gasteiger partial charge in [-0.15, -0.1) is 0 Å². The van der Waals surface area contributed by atoms with E-state index >= 15 is 0 Å². The minimum absolute atomic E-state index is 0.0261. The normalized spacial score (nSPS) is 12.6. The zero-order valence-corrected chi connectivity index (χ0v) is 14.6. The van der Waals surface area contributed by atoms with Crippen molar-refractivity contribution in [2.75, 3.05) is 20.3 Å². The maximum Gasteiger partial charge on any atom is 0.127 e. The predicted octanol–water partition coefficient (Wildman–Crippen LogP) is 3.37. The zero-order chi connectivity index (χ0) is 16.3. The van der Waals surface area contributed by atoms with E-state index in [9.17, 15) is 0 Å². The molecule has 0 fully saturated rings. The average Bonchev–Trinajstić information content (AvgIpc) is 2.35. The molecule has 0 aliphatic rings. The largest absolute Gasteiger partial charge is 0.496 e. The van der Waals surface area contributed by atoms with E-state index < -0.39 is 0 Å². The fourth-order valence-corrected chi connectivity index (χ4v) is 2.35. The Morgan fingerprint density at radius 3 is 2.10 bits per heavy atom. The Balaban J connectivity index is 3.38. The molecule has 1 aromatic rings. The molecule has 3 heteroatoms. The topological polar surface area (TPSA) is 41.5 Å². The molecule has 0 saturated carbocycles. The van der Waals surface area contributed by atoms with Crippen molar-refractivity contribution >= 4 is 0 Å². The minimum Gasteiger partial charge on any atom is -0.496 e. The van der Waals surface area contributed by atoms with Crippen molar-refractivity contribution in [2.45, 2.75) is 58.9 Å². The third-order valence-corrected chi connectivity index (χ3v) is 3.65. The number of hydrogen-bond acceptors (Lipinski definition) is 3. The molecule has 0 atom stereocenters. The summed E-state index contributed by atoms with van der Waals surface area (Å²) in [5.74, 6) is 0.959. The first-order valence-electron chi connectivity index (χ1n) is 7.64. The van der Waals surface area contributed by atoms with Crippen LogP contribution in [-0.4, -0.2) is 25.4 Å². The summed E-state index contributed by atoms with van der Waals surface area (Å²) >= 11 is 0. The molecule has 0 unspecified atom stereocenters. The van der Waals surface area contributed by atoms with Crippen molar-refractivity contribution in [3.63, 3.8) is 0 Å². The van der Waals surface area contributed by atoms with Gasteiger partial charge in [-0.2, -0.15) is 0 Å². The Morgan fingerprint density at radius 1 is 1.05 bits per heavy atom. The Morgan fingerprint density at radius 2 is 1.67 bits per heavy atom. The van der Waals surface area contributed by atoms with Crippen LogP contribution < -0.4 is 10.1 Å². The molecule has 1 aromatic carbocycles. The molecule has 0 aromatic heterocycles. The predicted molar refractivity (Wildman–Crippen MR) is 89.2 cm³/mol. The fourth-order valence-electron chi connectivity index (χ4n) is 2.35. The molecule has 0 saturated heterocycles. The summed E-state index contributed by atoms with van der Waals surface area (Å²) in [5.41, 5.74) is 3.83. The lowest BCUT2D eigenvalue weighted by molar-refractivity contribution is 0.291. The highest BCUT2D eigenvalue weighted by Crippen LogP contribution is 2.38. The van der Waals surface area contributed by atoms with E-state index in [-0.39, 0.29) is 17.4 Å². The Labute approximate surface area is 129 Å². The summed E-state index contributed by atoms with van der Waals surface area (Å²) in [7, 11) is 1.73. The number of methoxy groups -OCH3 is 1. The van der Waals surface area contributed by atoms with Crippen molar-refractivity contribution in [3.05, 3.63) is 28.8 Å². The van der Waals surface area contributed by atoms with Gasteiger partial charge in [0.1, 0.15) is 5.75 Å². The van der Waals surface area contributed by atoms with Gasteiger partial charge in [0, 0.05) is 24.2 Å². The standard InChI is InChI=1S/C18H31NO2/c1-17(2,3)14-10-13(12-19-8-9-20)16(21-7)15(11-14)18(4,5)6/h10-11,19-20H,8-9,12H2,1-7H3. The van der Waals surface area contributed by atoms with E-state index in [1.807, 2.05) is 0 Å². The molecule has 2 N–H and O–H groups in total. The highest BCUT2D eigenvalue weighted by Gasteiger charge is 2.25. The highest BCUT2D eigenvalue weighted by molar-refractivity contribution is 5.49. The van der Waals surface area contributed by atoms with Gasteiger partial charge in [-0.25, -0.2) is 0 Å². The second-order valence-electron chi connectivity index (χ2n) is 7.62. The lowest BCUT2D eigenvalue weighted by Crippen LogP contribution is -2.22. The summed E-state index contributed by atoms with van der Waals surface area (Å²) in [6, 6.07) is 4.49. The van der Waals surface area contributed by atoms with Gasteiger partial charge >= 0.3 is 0 Å². The van der Waals surface area contributed by atoms with Gasteiger partial charge in [-0.1, -0.05) is 53.7 Å². The van der Waals surface area contributed by atoms with Crippen LogP contribution in [0.3, 0.4) is 0 Å². The lowest BCUT2D eigenvalue weighted by atomic mass is 9.79.